The third-order valence-electron chi connectivity index (χ3n) is 6.76. The van der Waals surface area contributed by atoms with Gasteiger partial charge in [0.25, 0.3) is 0 Å². The highest BCUT2D eigenvalue weighted by molar-refractivity contribution is 7.13. The van der Waals surface area contributed by atoms with E-state index in [1.807, 2.05) is 5.38 Å². The van der Waals surface area contributed by atoms with E-state index >= 15 is 0 Å². The number of halogens is 1. The van der Waals surface area contributed by atoms with Crippen molar-refractivity contribution in [3.63, 3.8) is 0 Å². The topological polar surface area (TPSA) is 42.0 Å². The van der Waals surface area contributed by atoms with Gasteiger partial charge in [0.1, 0.15) is 10.8 Å². The molecule has 2 bridgehead atoms. The Morgan fingerprint density at radius 2 is 1.96 bits per heavy atom. The number of thiazole rings is 1. The summed E-state index contributed by atoms with van der Waals surface area (Å²) in [5.74, 6) is 3.21. The lowest BCUT2D eigenvalue weighted by Crippen LogP contribution is -2.43. The quantitative estimate of drug-likeness (QED) is 0.865. The molecule has 5 heteroatoms. The van der Waals surface area contributed by atoms with Crippen molar-refractivity contribution in [1.29, 1.82) is 0 Å². The predicted molar refractivity (Wildman–Crippen MR) is 100 cm³/mol. The molecule has 136 valence electrons. The highest BCUT2D eigenvalue weighted by Gasteiger charge is 2.53. The minimum Gasteiger partial charge on any atom is -0.353 e. The molecule has 2 aromatic rings. The predicted octanol–water partition coefficient (Wildman–Crippen LogP) is 4.43. The third kappa shape index (κ3) is 2.86. The van der Waals surface area contributed by atoms with Gasteiger partial charge in [-0.05, 0) is 73.6 Å². The van der Waals surface area contributed by atoms with E-state index in [4.69, 9.17) is 0 Å². The molecule has 3 aliphatic rings. The smallest absolute Gasteiger partial charge is 0.226 e. The molecule has 0 radical (unpaired) electrons. The Balaban J connectivity index is 1.21. The van der Waals surface area contributed by atoms with Gasteiger partial charge >= 0.3 is 0 Å². The van der Waals surface area contributed by atoms with Crippen molar-refractivity contribution in [3.05, 3.63) is 41.2 Å². The maximum Gasteiger partial charge on any atom is 0.226 e. The molecule has 0 spiro atoms. The van der Waals surface area contributed by atoms with Crippen LogP contribution in [0.4, 0.5) is 4.39 Å². The zero-order chi connectivity index (χ0) is 17.7. The summed E-state index contributed by atoms with van der Waals surface area (Å²) in [4.78, 5) is 17.1. The second-order valence-corrected chi connectivity index (χ2v) is 9.01. The van der Waals surface area contributed by atoms with Crippen molar-refractivity contribution in [2.75, 3.05) is 0 Å². The molecule has 3 aliphatic carbocycles. The standard InChI is InChI=1S/C21H23FN2OS/c22-14-6-4-12(5-7-14)21-23-15(11-26-21)10-20(25)24-19-9-13-8-18(19)17-3-1-2-16(13)17/h4-7,11,13,16-19H,1-3,8-10H2,(H,24,25)/t13-,16-,17-,18+,19-/m1/s1. The minimum atomic E-state index is -0.250. The zero-order valence-corrected chi connectivity index (χ0v) is 15.5. The number of hydrogen-bond donors (Lipinski definition) is 1. The summed E-state index contributed by atoms with van der Waals surface area (Å²) in [5.41, 5.74) is 1.69. The van der Waals surface area contributed by atoms with Gasteiger partial charge < -0.3 is 5.32 Å². The van der Waals surface area contributed by atoms with Crippen LogP contribution in [0.15, 0.2) is 29.6 Å². The van der Waals surface area contributed by atoms with Crippen molar-refractivity contribution in [2.24, 2.45) is 23.7 Å². The lowest BCUT2D eigenvalue weighted by atomic mass is 9.79. The number of carbonyl (C=O) groups is 1. The first-order chi connectivity index (χ1) is 12.7. The highest BCUT2D eigenvalue weighted by atomic mass is 32.1. The van der Waals surface area contributed by atoms with Crippen LogP contribution in [-0.2, 0) is 11.2 Å². The van der Waals surface area contributed by atoms with Gasteiger partial charge in [-0.25, -0.2) is 9.37 Å². The molecule has 26 heavy (non-hydrogen) atoms. The normalized spacial score (nSPS) is 32.0. The first kappa shape index (κ1) is 16.4. The van der Waals surface area contributed by atoms with Crippen LogP contribution < -0.4 is 5.32 Å². The Hall–Kier alpha value is -1.75. The van der Waals surface area contributed by atoms with Crippen molar-refractivity contribution in [2.45, 2.75) is 44.6 Å². The van der Waals surface area contributed by atoms with Crippen molar-refractivity contribution >= 4 is 17.2 Å². The average Bonchev–Trinajstić information content (AvgIpc) is 3.37. The maximum atomic E-state index is 13.0. The van der Waals surface area contributed by atoms with E-state index in [2.05, 4.69) is 10.3 Å². The molecule has 1 amide bonds. The average molecular weight is 370 g/mol. The number of nitrogens with one attached hydrogen (secondary N) is 1. The van der Waals surface area contributed by atoms with E-state index in [0.717, 1.165) is 34.0 Å². The van der Waals surface area contributed by atoms with Gasteiger partial charge in [0.2, 0.25) is 5.91 Å². The number of hydrogen-bond acceptors (Lipinski definition) is 3. The van der Waals surface area contributed by atoms with Gasteiger partial charge in [0.05, 0.1) is 12.1 Å². The second-order valence-electron chi connectivity index (χ2n) is 8.16. The summed E-state index contributed by atoms with van der Waals surface area (Å²) in [6.07, 6.45) is 7.00. The monoisotopic (exact) mass is 370 g/mol. The second kappa shape index (κ2) is 6.45. The van der Waals surface area contributed by atoms with Crippen LogP contribution >= 0.6 is 11.3 Å². The Kier molecular flexibility index (Phi) is 4.07. The summed E-state index contributed by atoms with van der Waals surface area (Å²) >= 11 is 1.50. The Bertz CT molecular complexity index is 818. The molecule has 1 N–H and O–H groups in total. The molecule has 0 saturated heterocycles. The minimum absolute atomic E-state index is 0.0908. The fourth-order valence-electron chi connectivity index (χ4n) is 5.77. The summed E-state index contributed by atoms with van der Waals surface area (Å²) in [6, 6.07) is 6.71. The molecule has 0 aliphatic heterocycles. The number of aromatic nitrogens is 1. The Morgan fingerprint density at radius 1 is 1.15 bits per heavy atom. The van der Waals surface area contributed by atoms with E-state index in [1.165, 1.54) is 55.6 Å². The summed E-state index contributed by atoms with van der Waals surface area (Å²) in [5, 5.41) is 6.08. The lowest BCUT2D eigenvalue weighted by Gasteiger charge is -2.32. The molecule has 1 aromatic heterocycles. The summed E-state index contributed by atoms with van der Waals surface area (Å²) in [6.45, 7) is 0. The van der Waals surface area contributed by atoms with Crippen LogP contribution in [0.1, 0.15) is 37.8 Å². The van der Waals surface area contributed by atoms with E-state index in [1.54, 1.807) is 12.1 Å². The van der Waals surface area contributed by atoms with Crippen molar-refractivity contribution in [1.82, 2.24) is 10.3 Å². The molecule has 1 heterocycles. The summed E-state index contributed by atoms with van der Waals surface area (Å²) in [7, 11) is 0. The van der Waals surface area contributed by atoms with Gasteiger partial charge in [-0.1, -0.05) is 6.42 Å². The maximum absolute atomic E-state index is 13.0. The van der Waals surface area contributed by atoms with Gasteiger partial charge in [-0.3, -0.25) is 4.79 Å². The van der Waals surface area contributed by atoms with Crippen LogP contribution in [0.3, 0.4) is 0 Å². The number of carbonyl (C=O) groups excluding carboxylic acids is 1. The molecular formula is C21H23FN2OS. The van der Waals surface area contributed by atoms with E-state index < -0.39 is 0 Å². The van der Waals surface area contributed by atoms with Crippen LogP contribution in [0.5, 0.6) is 0 Å². The SMILES string of the molecule is O=C(Cc1csc(-c2ccc(F)cc2)n1)N[C@@H]1C[C@H]2C[C@H]1[C@@H]1CCC[C@H]21. The van der Waals surface area contributed by atoms with E-state index in [9.17, 15) is 9.18 Å². The molecule has 3 fully saturated rings. The first-order valence-electron chi connectivity index (χ1n) is 9.67. The van der Waals surface area contributed by atoms with Crippen molar-refractivity contribution < 1.29 is 9.18 Å². The first-order valence-corrected chi connectivity index (χ1v) is 10.5. The Morgan fingerprint density at radius 3 is 2.81 bits per heavy atom. The van der Waals surface area contributed by atoms with Crippen LogP contribution in [0, 0.1) is 29.5 Å². The van der Waals surface area contributed by atoms with Gasteiger partial charge in [0.15, 0.2) is 0 Å². The highest BCUT2D eigenvalue weighted by Crippen LogP contribution is 2.58. The van der Waals surface area contributed by atoms with Crippen LogP contribution in [-0.4, -0.2) is 16.9 Å². The number of benzene rings is 1. The number of rotatable bonds is 4. The summed E-state index contributed by atoms with van der Waals surface area (Å²) < 4.78 is 13.0. The molecular weight excluding hydrogens is 347 g/mol. The molecule has 0 unspecified atom stereocenters. The van der Waals surface area contributed by atoms with Crippen molar-refractivity contribution in [3.8, 4) is 10.6 Å². The molecule has 5 rings (SSSR count). The largest absolute Gasteiger partial charge is 0.353 e. The Labute approximate surface area is 157 Å². The fourth-order valence-corrected chi connectivity index (χ4v) is 6.60. The van der Waals surface area contributed by atoms with Crippen LogP contribution in [0.2, 0.25) is 0 Å². The number of amides is 1. The van der Waals surface area contributed by atoms with E-state index in [-0.39, 0.29) is 11.7 Å². The van der Waals surface area contributed by atoms with Crippen LogP contribution in [0.25, 0.3) is 10.6 Å². The fraction of sp³-hybridized carbons (Fsp3) is 0.524. The zero-order valence-electron chi connectivity index (χ0n) is 14.7. The molecule has 3 saturated carbocycles. The number of nitrogens with zero attached hydrogens (tertiary/aromatic N) is 1. The van der Waals surface area contributed by atoms with Gasteiger partial charge in [-0.15, -0.1) is 11.3 Å². The van der Waals surface area contributed by atoms with E-state index in [0.29, 0.717) is 18.4 Å². The third-order valence-corrected chi connectivity index (χ3v) is 7.70. The van der Waals surface area contributed by atoms with Gasteiger partial charge in [0, 0.05) is 17.0 Å². The molecule has 5 atom stereocenters. The molecule has 1 aromatic carbocycles. The molecule has 3 nitrogen and oxygen atoms in total. The lowest BCUT2D eigenvalue weighted by molar-refractivity contribution is -0.121. The number of fused-ring (bicyclic) bond motifs is 5. The van der Waals surface area contributed by atoms with Gasteiger partial charge in [-0.2, -0.15) is 0 Å².